The van der Waals surface area contributed by atoms with Gasteiger partial charge in [-0.25, -0.2) is 13.8 Å². The third-order valence-corrected chi connectivity index (χ3v) is 3.38. The van der Waals surface area contributed by atoms with Crippen LogP contribution in [0.4, 0.5) is 8.78 Å². The summed E-state index contributed by atoms with van der Waals surface area (Å²) >= 11 is 0. The Morgan fingerprint density at radius 1 is 1.40 bits per heavy atom. The van der Waals surface area contributed by atoms with Gasteiger partial charge < -0.3 is 4.98 Å². The van der Waals surface area contributed by atoms with Crippen LogP contribution in [0.1, 0.15) is 31.0 Å². The Hall–Kier alpha value is -2.22. The third kappa shape index (κ3) is 2.69. The van der Waals surface area contributed by atoms with Crippen molar-refractivity contribution in [1.29, 1.82) is 5.26 Å². The predicted octanol–water partition coefficient (Wildman–Crippen LogP) is 3.49. The minimum Gasteiger partial charge on any atom is -0.351 e. The quantitative estimate of drug-likeness (QED) is 0.908. The van der Waals surface area contributed by atoms with E-state index in [1.54, 1.807) is 6.20 Å². The van der Waals surface area contributed by atoms with Crippen molar-refractivity contribution < 1.29 is 8.78 Å². The number of aromatic nitrogens is 2. The summed E-state index contributed by atoms with van der Waals surface area (Å²) in [4.78, 5) is 6.92. The number of imidazole rings is 1. The zero-order valence-corrected chi connectivity index (χ0v) is 11.2. The summed E-state index contributed by atoms with van der Waals surface area (Å²) in [6.45, 7) is 1.93. The largest absolute Gasteiger partial charge is 0.351 e. The maximum absolute atomic E-state index is 14.1. The lowest BCUT2D eigenvalue weighted by Gasteiger charge is -2.26. The fourth-order valence-corrected chi connectivity index (χ4v) is 2.48. The fourth-order valence-electron chi connectivity index (χ4n) is 2.48. The van der Waals surface area contributed by atoms with E-state index in [1.807, 2.05) is 6.92 Å². The van der Waals surface area contributed by atoms with Crippen molar-refractivity contribution >= 4 is 0 Å². The van der Waals surface area contributed by atoms with Gasteiger partial charge in [-0.15, -0.1) is 0 Å². The van der Waals surface area contributed by atoms with Crippen LogP contribution in [0, 0.1) is 23.0 Å². The Morgan fingerprint density at radius 3 is 2.75 bits per heavy atom. The summed E-state index contributed by atoms with van der Waals surface area (Å²) in [6.07, 6.45) is 4.70. The Balaban J connectivity index is 2.48. The topological polar surface area (TPSA) is 52.5 Å². The molecule has 1 unspecified atom stereocenters. The number of nitrogens with one attached hydrogen (secondary N) is 1. The molecule has 0 radical (unpaired) electrons. The lowest BCUT2D eigenvalue weighted by atomic mass is 9.74. The molecule has 1 atom stereocenters. The normalized spacial score (nSPS) is 13.7. The first-order valence-corrected chi connectivity index (χ1v) is 6.46. The minimum absolute atomic E-state index is 0.228. The van der Waals surface area contributed by atoms with Gasteiger partial charge in [-0.05, 0) is 12.5 Å². The number of hydrogen-bond acceptors (Lipinski definition) is 2. The van der Waals surface area contributed by atoms with E-state index in [-0.39, 0.29) is 5.56 Å². The van der Waals surface area contributed by atoms with Gasteiger partial charge in [0.1, 0.15) is 11.6 Å². The molecule has 1 heterocycles. The van der Waals surface area contributed by atoms with E-state index in [0.717, 1.165) is 12.5 Å². The van der Waals surface area contributed by atoms with Gasteiger partial charge in [0.25, 0.3) is 0 Å². The zero-order valence-electron chi connectivity index (χ0n) is 11.2. The molecule has 2 aromatic rings. The highest BCUT2D eigenvalue weighted by Gasteiger charge is 2.35. The molecule has 0 saturated carbocycles. The molecule has 1 aromatic heterocycles. The second-order valence-corrected chi connectivity index (χ2v) is 4.81. The second-order valence-electron chi connectivity index (χ2n) is 4.81. The number of nitrogens with zero attached hydrogens (tertiary/aromatic N) is 2. The molecule has 5 heteroatoms. The molecule has 0 aliphatic carbocycles. The van der Waals surface area contributed by atoms with E-state index >= 15 is 0 Å². The molecule has 1 N–H and O–H groups in total. The van der Waals surface area contributed by atoms with Gasteiger partial charge in [0.05, 0.1) is 23.5 Å². The average molecular weight is 275 g/mol. The van der Waals surface area contributed by atoms with Crippen LogP contribution in [0.15, 0.2) is 30.7 Å². The summed E-state index contributed by atoms with van der Waals surface area (Å²) < 4.78 is 27.1. The highest BCUT2D eigenvalue weighted by molar-refractivity contribution is 5.35. The predicted molar refractivity (Wildman–Crippen MR) is 70.8 cm³/mol. The van der Waals surface area contributed by atoms with Crippen molar-refractivity contribution in [3.8, 4) is 6.07 Å². The van der Waals surface area contributed by atoms with E-state index < -0.39 is 17.0 Å². The van der Waals surface area contributed by atoms with E-state index in [4.69, 9.17) is 0 Å². The molecule has 1 aromatic carbocycles. The first kappa shape index (κ1) is 14.2. The van der Waals surface area contributed by atoms with E-state index in [1.165, 1.54) is 18.5 Å². The lowest BCUT2D eigenvalue weighted by molar-refractivity contribution is 0.454. The molecule has 0 amide bonds. The molecule has 0 spiro atoms. The number of nitriles is 1. The Morgan fingerprint density at radius 2 is 2.20 bits per heavy atom. The van der Waals surface area contributed by atoms with Crippen molar-refractivity contribution in [3.05, 3.63) is 53.6 Å². The summed E-state index contributed by atoms with van der Waals surface area (Å²) in [6, 6.07) is 5.58. The van der Waals surface area contributed by atoms with E-state index in [0.29, 0.717) is 18.5 Å². The standard InChI is InChI=1S/C15H15F2N3/c1-2-5-15(9-18,7-12-8-19-10-20-12)13-4-3-11(16)6-14(13)17/h3-4,6,8,10H,2,5,7H2,1H3,(H,19,20). The van der Waals surface area contributed by atoms with E-state index in [9.17, 15) is 14.0 Å². The molecular weight excluding hydrogens is 260 g/mol. The van der Waals surface area contributed by atoms with Crippen molar-refractivity contribution in [2.24, 2.45) is 0 Å². The number of hydrogen-bond donors (Lipinski definition) is 1. The van der Waals surface area contributed by atoms with Crippen molar-refractivity contribution in [1.82, 2.24) is 9.97 Å². The molecule has 0 aliphatic heterocycles. The Bertz CT molecular complexity index is 617. The first-order valence-electron chi connectivity index (χ1n) is 6.46. The fraction of sp³-hybridized carbons (Fsp3) is 0.333. The molecule has 104 valence electrons. The number of H-pyrrole nitrogens is 1. The van der Waals surface area contributed by atoms with Crippen LogP contribution in [0.25, 0.3) is 0 Å². The Labute approximate surface area is 116 Å². The summed E-state index contributed by atoms with van der Waals surface area (Å²) in [5.74, 6) is -1.33. The molecule has 3 nitrogen and oxygen atoms in total. The maximum atomic E-state index is 14.1. The zero-order chi connectivity index (χ0) is 14.6. The monoisotopic (exact) mass is 275 g/mol. The molecule has 2 rings (SSSR count). The number of aromatic amines is 1. The van der Waals surface area contributed by atoms with Crippen LogP contribution in [-0.4, -0.2) is 9.97 Å². The number of halogens is 2. The smallest absolute Gasteiger partial charge is 0.130 e. The van der Waals surface area contributed by atoms with Crippen LogP contribution in [0.5, 0.6) is 0 Å². The minimum atomic E-state index is -1.03. The van der Waals surface area contributed by atoms with Gasteiger partial charge in [-0.3, -0.25) is 0 Å². The highest BCUT2D eigenvalue weighted by atomic mass is 19.1. The molecule has 20 heavy (non-hydrogen) atoms. The average Bonchev–Trinajstić information content (AvgIpc) is 2.91. The Kier molecular flexibility index (Phi) is 4.14. The molecule has 0 saturated heterocycles. The number of rotatable bonds is 5. The molecule has 0 fully saturated rings. The van der Waals surface area contributed by atoms with Gasteiger partial charge in [0.2, 0.25) is 0 Å². The van der Waals surface area contributed by atoms with Crippen molar-refractivity contribution in [2.45, 2.75) is 31.6 Å². The van der Waals surface area contributed by atoms with Gasteiger partial charge in [-0.2, -0.15) is 5.26 Å². The van der Waals surface area contributed by atoms with Gasteiger partial charge in [0, 0.05) is 24.2 Å². The lowest BCUT2D eigenvalue weighted by Crippen LogP contribution is -2.28. The SMILES string of the molecule is CCCC(C#N)(Cc1c[nH]cn1)c1ccc(F)cc1F. The maximum Gasteiger partial charge on any atom is 0.130 e. The number of benzene rings is 1. The highest BCUT2D eigenvalue weighted by Crippen LogP contribution is 2.34. The van der Waals surface area contributed by atoms with Crippen molar-refractivity contribution in [3.63, 3.8) is 0 Å². The summed E-state index contributed by atoms with van der Waals surface area (Å²) in [7, 11) is 0. The van der Waals surface area contributed by atoms with Gasteiger partial charge in [-0.1, -0.05) is 19.4 Å². The second kappa shape index (κ2) is 5.83. The molecule has 0 aliphatic rings. The van der Waals surface area contributed by atoms with Gasteiger partial charge in [0.15, 0.2) is 0 Å². The van der Waals surface area contributed by atoms with Gasteiger partial charge >= 0.3 is 0 Å². The van der Waals surface area contributed by atoms with Crippen LogP contribution >= 0.6 is 0 Å². The summed E-state index contributed by atoms with van der Waals surface area (Å²) in [5, 5.41) is 9.61. The van der Waals surface area contributed by atoms with Crippen LogP contribution in [-0.2, 0) is 11.8 Å². The van der Waals surface area contributed by atoms with Crippen LogP contribution in [0.3, 0.4) is 0 Å². The molecular formula is C15H15F2N3. The molecule has 0 bridgehead atoms. The first-order chi connectivity index (χ1) is 9.61. The van der Waals surface area contributed by atoms with Crippen LogP contribution in [0.2, 0.25) is 0 Å². The summed E-state index contributed by atoms with van der Waals surface area (Å²) in [5.41, 5.74) is -0.114. The van der Waals surface area contributed by atoms with Crippen LogP contribution < -0.4 is 0 Å². The third-order valence-electron chi connectivity index (χ3n) is 3.38. The van der Waals surface area contributed by atoms with E-state index in [2.05, 4.69) is 16.0 Å². The van der Waals surface area contributed by atoms with Crippen molar-refractivity contribution in [2.75, 3.05) is 0 Å².